The van der Waals surface area contributed by atoms with Crippen LogP contribution in [0.2, 0.25) is 0 Å². The number of benzene rings is 1. The number of likely N-dealkylation sites (N-methyl/N-ethyl adjacent to an activating group) is 1. The average Bonchev–Trinajstić information content (AvgIpc) is 2.91. The quantitative estimate of drug-likeness (QED) is 0.583. The van der Waals surface area contributed by atoms with E-state index in [0.717, 1.165) is 5.69 Å². The number of carbonyl (C=O) groups is 2. The van der Waals surface area contributed by atoms with Gasteiger partial charge in [0.15, 0.2) is 11.5 Å². The second-order valence-corrected chi connectivity index (χ2v) is 8.18. The van der Waals surface area contributed by atoms with Gasteiger partial charge in [-0.25, -0.2) is 0 Å². The van der Waals surface area contributed by atoms with Crippen molar-refractivity contribution in [2.45, 2.75) is 24.9 Å². The molecule has 8 heteroatoms. The van der Waals surface area contributed by atoms with E-state index in [1.165, 1.54) is 0 Å². The number of hydrogen-bond donors (Lipinski definition) is 1. The second-order valence-electron chi connectivity index (χ2n) is 8.18. The Labute approximate surface area is 198 Å². The van der Waals surface area contributed by atoms with Crippen LogP contribution in [0.3, 0.4) is 0 Å². The maximum Gasteiger partial charge on any atom is 0.254 e. The van der Waals surface area contributed by atoms with Crippen LogP contribution in [-0.4, -0.2) is 53.9 Å². The maximum atomic E-state index is 13.5. The Kier molecular flexibility index (Phi) is 7.06. The van der Waals surface area contributed by atoms with Crippen LogP contribution in [0.15, 0.2) is 67.0 Å². The molecule has 0 aliphatic carbocycles. The topological polar surface area (TPSA) is 93.7 Å². The summed E-state index contributed by atoms with van der Waals surface area (Å²) in [4.78, 5) is 37.0. The fourth-order valence-corrected chi connectivity index (χ4v) is 4.37. The van der Waals surface area contributed by atoms with Crippen molar-refractivity contribution in [1.29, 1.82) is 0 Å². The Balaban J connectivity index is 1.58. The first-order chi connectivity index (χ1) is 16.6. The molecule has 4 rings (SSSR count). The molecule has 1 aliphatic rings. The predicted molar refractivity (Wildman–Crippen MR) is 127 cm³/mol. The van der Waals surface area contributed by atoms with E-state index in [0.29, 0.717) is 42.1 Å². The van der Waals surface area contributed by atoms with E-state index in [-0.39, 0.29) is 25.0 Å². The van der Waals surface area contributed by atoms with Crippen LogP contribution < -0.4 is 14.8 Å². The van der Waals surface area contributed by atoms with Gasteiger partial charge in [0.1, 0.15) is 12.0 Å². The lowest BCUT2D eigenvalue weighted by atomic mass is 9.75. The Hall–Kier alpha value is -3.94. The first-order valence-electron chi connectivity index (χ1n) is 11.2. The molecule has 3 heterocycles. The van der Waals surface area contributed by atoms with E-state index in [1.807, 2.05) is 36.4 Å². The number of amides is 2. The number of piperidine rings is 1. The van der Waals surface area contributed by atoms with Gasteiger partial charge in [-0.1, -0.05) is 12.1 Å². The molecule has 0 radical (unpaired) electrons. The standard InChI is InChI=1S/C26H28N4O4/c1-27-25(32)26(23-9-4-6-14-29-23)12-7-15-30(18-26)24(31)19-10-11-21(33-2)22(16-19)34-17-20-8-3-5-13-28-20/h3-6,8-11,13-14,16H,7,12,15,17-18H2,1-2H3,(H,27,32)/t26-/m0/s1. The fraction of sp³-hybridized carbons (Fsp3) is 0.308. The van der Waals surface area contributed by atoms with Gasteiger partial charge in [0.25, 0.3) is 5.91 Å². The Morgan fingerprint density at radius 3 is 2.53 bits per heavy atom. The van der Waals surface area contributed by atoms with Crippen LogP contribution in [0.5, 0.6) is 11.5 Å². The molecule has 0 saturated carbocycles. The van der Waals surface area contributed by atoms with Gasteiger partial charge in [0.05, 0.1) is 18.5 Å². The summed E-state index contributed by atoms with van der Waals surface area (Å²) in [6, 6.07) is 16.2. The summed E-state index contributed by atoms with van der Waals surface area (Å²) in [5.74, 6) is 0.671. The lowest BCUT2D eigenvalue weighted by Crippen LogP contribution is -2.56. The molecular weight excluding hydrogens is 432 g/mol. The molecule has 1 fully saturated rings. The van der Waals surface area contributed by atoms with Crippen LogP contribution >= 0.6 is 0 Å². The van der Waals surface area contributed by atoms with E-state index in [4.69, 9.17) is 9.47 Å². The first-order valence-corrected chi connectivity index (χ1v) is 11.2. The SMILES string of the molecule is CNC(=O)[C@@]1(c2ccccn2)CCCN(C(=O)c2ccc(OC)c(OCc3ccccn3)c2)C1. The molecule has 1 saturated heterocycles. The molecule has 1 atom stereocenters. The van der Waals surface area contributed by atoms with E-state index >= 15 is 0 Å². The van der Waals surface area contributed by atoms with E-state index in [2.05, 4.69) is 15.3 Å². The van der Waals surface area contributed by atoms with Crippen molar-refractivity contribution in [3.63, 3.8) is 0 Å². The van der Waals surface area contributed by atoms with Crippen molar-refractivity contribution in [3.8, 4) is 11.5 Å². The summed E-state index contributed by atoms with van der Waals surface area (Å²) in [5.41, 5.74) is 1.00. The minimum Gasteiger partial charge on any atom is -0.493 e. The Morgan fingerprint density at radius 1 is 1.06 bits per heavy atom. The number of pyridine rings is 2. The number of rotatable bonds is 7. The van der Waals surface area contributed by atoms with E-state index < -0.39 is 5.41 Å². The molecule has 2 aromatic heterocycles. The molecule has 2 amide bonds. The van der Waals surface area contributed by atoms with Crippen LogP contribution in [-0.2, 0) is 16.8 Å². The van der Waals surface area contributed by atoms with Crippen LogP contribution in [0, 0.1) is 0 Å². The van der Waals surface area contributed by atoms with Crippen molar-refractivity contribution < 1.29 is 19.1 Å². The number of nitrogens with zero attached hydrogens (tertiary/aromatic N) is 3. The zero-order chi connectivity index (χ0) is 24.0. The van der Waals surface area contributed by atoms with Crippen molar-refractivity contribution in [1.82, 2.24) is 20.2 Å². The molecule has 0 spiro atoms. The number of likely N-dealkylation sites (tertiary alicyclic amines) is 1. The van der Waals surface area contributed by atoms with Gasteiger partial charge in [-0.3, -0.25) is 19.6 Å². The van der Waals surface area contributed by atoms with Crippen molar-refractivity contribution in [2.75, 3.05) is 27.2 Å². The monoisotopic (exact) mass is 460 g/mol. The van der Waals surface area contributed by atoms with Gasteiger partial charge in [0.2, 0.25) is 5.91 Å². The van der Waals surface area contributed by atoms with Crippen LogP contribution in [0.4, 0.5) is 0 Å². The number of carbonyl (C=O) groups excluding carboxylic acids is 2. The second kappa shape index (κ2) is 10.3. The zero-order valence-corrected chi connectivity index (χ0v) is 19.4. The molecule has 0 unspecified atom stereocenters. The van der Waals surface area contributed by atoms with Crippen LogP contribution in [0.1, 0.15) is 34.6 Å². The molecule has 1 N–H and O–H groups in total. The molecule has 176 valence electrons. The van der Waals surface area contributed by atoms with Crippen LogP contribution in [0.25, 0.3) is 0 Å². The molecule has 3 aromatic rings. The third kappa shape index (κ3) is 4.71. The zero-order valence-electron chi connectivity index (χ0n) is 19.4. The molecule has 1 aliphatic heterocycles. The van der Waals surface area contributed by atoms with Gasteiger partial charge >= 0.3 is 0 Å². The van der Waals surface area contributed by atoms with Gasteiger partial charge in [-0.05, 0) is 55.3 Å². The predicted octanol–water partition coefficient (Wildman–Crippen LogP) is 2.98. The molecule has 34 heavy (non-hydrogen) atoms. The smallest absolute Gasteiger partial charge is 0.254 e. The number of methoxy groups -OCH3 is 1. The highest BCUT2D eigenvalue weighted by Gasteiger charge is 2.45. The highest BCUT2D eigenvalue weighted by atomic mass is 16.5. The molecule has 8 nitrogen and oxygen atoms in total. The van der Waals surface area contributed by atoms with E-state index in [1.54, 1.807) is 49.7 Å². The normalized spacial score (nSPS) is 17.6. The van der Waals surface area contributed by atoms with E-state index in [9.17, 15) is 9.59 Å². The van der Waals surface area contributed by atoms with Gasteiger partial charge in [-0.15, -0.1) is 0 Å². The Bertz CT molecular complexity index is 1140. The van der Waals surface area contributed by atoms with Gasteiger partial charge in [-0.2, -0.15) is 0 Å². The largest absolute Gasteiger partial charge is 0.493 e. The average molecular weight is 461 g/mol. The third-order valence-corrected chi connectivity index (χ3v) is 6.11. The Morgan fingerprint density at radius 2 is 1.85 bits per heavy atom. The number of nitrogens with one attached hydrogen (secondary N) is 1. The summed E-state index contributed by atoms with van der Waals surface area (Å²) in [6.45, 7) is 1.05. The molecule has 0 bridgehead atoms. The highest BCUT2D eigenvalue weighted by Crippen LogP contribution is 2.35. The minimum atomic E-state index is -0.894. The van der Waals surface area contributed by atoms with Gasteiger partial charge < -0.3 is 19.7 Å². The molecular formula is C26H28N4O4. The lowest BCUT2D eigenvalue weighted by Gasteiger charge is -2.41. The highest BCUT2D eigenvalue weighted by molar-refractivity contribution is 5.96. The fourth-order valence-electron chi connectivity index (χ4n) is 4.37. The van der Waals surface area contributed by atoms with Crippen molar-refractivity contribution >= 4 is 11.8 Å². The summed E-state index contributed by atoms with van der Waals surface area (Å²) in [6.07, 6.45) is 4.69. The van der Waals surface area contributed by atoms with Crippen molar-refractivity contribution in [2.24, 2.45) is 0 Å². The number of aromatic nitrogens is 2. The lowest BCUT2D eigenvalue weighted by molar-refractivity contribution is -0.128. The molecule has 1 aromatic carbocycles. The third-order valence-electron chi connectivity index (χ3n) is 6.11. The summed E-state index contributed by atoms with van der Waals surface area (Å²) >= 11 is 0. The summed E-state index contributed by atoms with van der Waals surface area (Å²) < 4.78 is 11.3. The van der Waals surface area contributed by atoms with Gasteiger partial charge in [0, 0.05) is 38.1 Å². The summed E-state index contributed by atoms with van der Waals surface area (Å²) in [7, 11) is 3.17. The van der Waals surface area contributed by atoms with Crippen molar-refractivity contribution in [3.05, 3.63) is 83.9 Å². The summed E-state index contributed by atoms with van der Waals surface area (Å²) in [5, 5.41) is 2.77. The maximum absolute atomic E-state index is 13.5. The minimum absolute atomic E-state index is 0.141. The number of hydrogen-bond acceptors (Lipinski definition) is 6. The number of ether oxygens (including phenoxy) is 2. The first kappa shape index (κ1) is 23.2.